The first-order valence-electron chi connectivity index (χ1n) is 6.87. The zero-order chi connectivity index (χ0) is 16.1. The summed E-state index contributed by atoms with van der Waals surface area (Å²) < 4.78 is 0. The van der Waals surface area contributed by atoms with Crippen molar-refractivity contribution < 1.29 is 25.2 Å². The van der Waals surface area contributed by atoms with Gasteiger partial charge in [-0.25, -0.2) is 0 Å². The van der Waals surface area contributed by atoms with Gasteiger partial charge in [0.2, 0.25) is 0 Å². The van der Waals surface area contributed by atoms with Crippen molar-refractivity contribution in [2.75, 3.05) is 0 Å². The Balaban J connectivity index is 3.97. The molecule has 0 saturated carbocycles. The van der Waals surface area contributed by atoms with E-state index < -0.39 is 24.3 Å². The monoisotopic (exact) mass is 296 g/mol. The van der Waals surface area contributed by atoms with Gasteiger partial charge in [0.25, 0.3) is 0 Å². The molecular formula is C16H24O5. The molecule has 0 aliphatic carbocycles. The molecule has 0 saturated heterocycles. The van der Waals surface area contributed by atoms with Gasteiger partial charge < -0.3 is 20.4 Å². The Labute approximate surface area is 125 Å². The molecule has 21 heavy (non-hydrogen) atoms. The minimum Gasteiger partial charge on any atom is -0.481 e. The number of carbonyl (C=O) groups is 1. The number of aliphatic carboxylic acids is 1. The van der Waals surface area contributed by atoms with Crippen molar-refractivity contribution in [3.63, 3.8) is 0 Å². The Morgan fingerprint density at radius 1 is 0.952 bits per heavy atom. The number of aliphatic hydroxyl groups excluding tert-OH is 3. The van der Waals surface area contributed by atoms with Crippen LogP contribution in [0.1, 0.15) is 26.2 Å². The fourth-order valence-electron chi connectivity index (χ4n) is 1.42. The van der Waals surface area contributed by atoms with Crippen LogP contribution in [-0.4, -0.2) is 44.7 Å². The molecule has 1 unspecified atom stereocenters. The number of aliphatic hydroxyl groups is 3. The van der Waals surface area contributed by atoms with E-state index in [0.717, 1.165) is 0 Å². The first kappa shape index (κ1) is 19.3. The molecule has 3 atom stereocenters. The van der Waals surface area contributed by atoms with E-state index in [1.54, 1.807) is 49.5 Å². The SMILES string of the molecule is CC(O)/C=C/C=C\C=C\C=C\[C@@H](O)[C@@H](O)CCCC(=O)O. The molecule has 0 aromatic heterocycles. The lowest BCUT2D eigenvalue weighted by molar-refractivity contribution is -0.137. The maximum atomic E-state index is 10.3. The largest absolute Gasteiger partial charge is 0.481 e. The van der Waals surface area contributed by atoms with Crippen LogP contribution in [0.2, 0.25) is 0 Å². The molecule has 0 heterocycles. The van der Waals surface area contributed by atoms with E-state index in [9.17, 15) is 15.0 Å². The quantitative estimate of drug-likeness (QED) is 0.459. The number of rotatable bonds is 10. The molecule has 4 N–H and O–H groups in total. The topological polar surface area (TPSA) is 98.0 Å². The van der Waals surface area contributed by atoms with Crippen molar-refractivity contribution in [2.45, 2.75) is 44.5 Å². The summed E-state index contributed by atoms with van der Waals surface area (Å²) in [6, 6.07) is 0. The standard InChI is InChI=1S/C16H24O5/c1-13(17)9-6-4-2-3-5-7-10-14(18)15(19)11-8-12-16(20)21/h2-7,9-10,13-15,17-19H,8,11-12H2,1H3,(H,20,21)/b4-2-,5-3+,9-6+,10-7+/t13?,14-,15+/m1/s1. The molecule has 5 heteroatoms. The van der Waals surface area contributed by atoms with E-state index in [2.05, 4.69) is 0 Å². The summed E-state index contributed by atoms with van der Waals surface area (Å²) >= 11 is 0. The van der Waals surface area contributed by atoms with Crippen molar-refractivity contribution >= 4 is 5.97 Å². The van der Waals surface area contributed by atoms with Gasteiger partial charge in [0.1, 0.15) is 0 Å². The summed E-state index contributed by atoms with van der Waals surface area (Å²) in [5, 5.41) is 36.6. The average molecular weight is 296 g/mol. The molecule has 0 bridgehead atoms. The first-order chi connectivity index (χ1) is 9.93. The van der Waals surface area contributed by atoms with E-state index in [4.69, 9.17) is 10.2 Å². The summed E-state index contributed by atoms with van der Waals surface area (Å²) in [5.41, 5.74) is 0. The van der Waals surface area contributed by atoms with Crippen LogP contribution >= 0.6 is 0 Å². The van der Waals surface area contributed by atoms with Crippen LogP contribution in [0.25, 0.3) is 0 Å². The van der Waals surface area contributed by atoms with Crippen LogP contribution in [0.5, 0.6) is 0 Å². The van der Waals surface area contributed by atoms with Crippen LogP contribution in [0.4, 0.5) is 0 Å². The highest BCUT2D eigenvalue weighted by Crippen LogP contribution is 2.06. The summed E-state index contributed by atoms with van der Waals surface area (Å²) in [7, 11) is 0. The third-order valence-corrected chi connectivity index (χ3v) is 2.54. The average Bonchev–Trinajstić information content (AvgIpc) is 2.40. The second-order valence-electron chi connectivity index (χ2n) is 4.62. The Kier molecular flexibility index (Phi) is 11.1. The van der Waals surface area contributed by atoms with Crippen LogP contribution in [-0.2, 0) is 4.79 Å². The number of allylic oxidation sites excluding steroid dienone is 6. The van der Waals surface area contributed by atoms with E-state index in [1.807, 2.05) is 0 Å². The Morgan fingerprint density at radius 3 is 2.00 bits per heavy atom. The highest BCUT2D eigenvalue weighted by atomic mass is 16.4. The van der Waals surface area contributed by atoms with Crippen molar-refractivity contribution in [1.29, 1.82) is 0 Å². The Hall–Kier alpha value is -1.69. The van der Waals surface area contributed by atoms with Gasteiger partial charge in [0, 0.05) is 6.42 Å². The smallest absolute Gasteiger partial charge is 0.303 e. The maximum absolute atomic E-state index is 10.3. The number of hydrogen-bond acceptors (Lipinski definition) is 4. The molecule has 0 radical (unpaired) electrons. The summed E-state index contributed by atoms with van der Waals surface area (Å²) in [4.78, 5) is 10.3. The van der Waals surface area contributed by atoms with Crippen LogP contribution in [0.15, 0.2) is 48.6 Å². The van der Waals surface area contributed by atoms with Crippen molar-refractivity contribution in [1.82, 2.24) is 0 Å². The zero-order valence-corrected chi connectivity index (χ0v) is 12.2. The molecule has 0 fully saturated rings. The highest BCUT2D eigenvalue weighted by Gasteiger charge is 2.12. The fourth-order valence-corrected chi connectivity index (χ4v) is 1.42. The molecule has 118 valence electrons. The molecule has 0 aliphatic heterocycles. The first-order valence-corrected chi connectivity index (χ1v) is 6.87. The predicted molar refractivity (Wildman–Crippen MR) is 81.7 cm³/mol. The minimum absolute atomic E-state index is 0.0157. The van der Waals surface area contributed by atoms with Gasteiger partial charge in [-0.1, -0.05) is 48.6 Å². The van der Waals surface area contributed by atoms with E-state index in [-0.39, 0.29) is 12.8 Å². The zero-order valence-electron chi connectivity index (χ0n) is 12.2. The van der Waals surface area contributed by atoms with Gasteiger partial charge in [0.15, 0.2) is 0 Å². The second-order valence-corrected chi connectivity index (χ2v) is 4.62. The van der Waals surface area contributed by atoms with Crippen molar-refractivity contribution in [3.05, 3.63) is 48.6 Å². The Bertz CT molecular complexity index is 393. The predicted octanol–water partition coefficient (Wildman–Crippen LogP) is 1.57. The molecule has 5 nitrogen and oxygen atoms in total. The Morgan fingerprint density at radius 2 is 1.48 bits per heavy atom. The van der Waals surface area contributed by atoms with Gasteiger partial charge in [-0.2, -0.15) is 0 Å². The molecule has 0 aromatic rings. The lowest BCUT2D eigenvalue weighted by atomic mass is 10.1. The fraction of sp³-hybridized carbons (Fsp3) is 0.438. The number of carboxylic acid groups (broad SMARTS) is 1. The lowest BCUT2D eigenvalue weighted by Gasteiger charge is -2.13. The number of hydrogen-bond donors (Lipinski definition) is 4. The lowest BCUT2D eigenvalue weighted by Crippen LogP contribution is -2.23. The normalized spacial score (nSPS) is 17.1. The van der Waals surface area contributed by atoms with Crippen molar-refractivity contribution in [2.24, 2.45) is 0 Å². The highest BCUT2D eigenvalue weighted by molar-refractivity contribution is 5.66. The van der Waals surface area contributed by atoms with Crippen LogP contribution < -0.4 is 0 Å². The van der Waals surface area contributed by atoms with Gasteiger partial charge in [-0.05, 0) is 19.8 Å². The maximum Gasteiger partial charge on any atom is 0.303 e. The van der Waals surface area contributed by atoms with E-state index in [1.165, 1.54) is 6.08 Å². The third-order valence-electron chi connectivity index (χ3n) is 2.54. The number of carboxylic acids is 1. The van der Waals surface area contributed by atoms with Gasteiger partial charge in [0.05, 0.1) is 18.3 Å². The summed E-state index contributed by atoms with van der Waals surface area (Å²) in [5.74, 6) is -0.911. The summed E-state index contributed by atoms with van der Waals surface area (Å²) in [6.07, 6.45) is 11.5. The van der Waals surface area contributed by atoms with Gasteiger partial charge in [-0.3, -0.25) is 4.79 Å². The second kappa shape index (κ2) is 12.1. The molecule has 0 rings (SSSR count). The van der Waals surface area contributed by atoms with Crippen LogP contribution in [0, 0.1) is 0 Å². The van der Waals surface area contributed by atoms with Crippen LogP contribution in [0.3, 0.4) is 0 Å². The molecule has 0 aliphatic rings. The van der Waals surface area contributed by atoms with E-state index in [0.29, 0.717) is 6.42 Å². The molecule has 0 aromatic carbocycles. The molecule has 0 spiro atoms. The van der Waals surface area contributed by atoms with Gasteiger partial charge in [-0.15, -0.1) is 0 Å². The summed E-state index contributed by atoms with van der Waals surface area (Å²) in [6.45, 7) is 1.66. The molecular weight excluding hydrogens is 272 g/mol. The van der Waals surface area contributed by atoms with E-state index >= 15 is 0 Å². The minimum atomic E-state index is -1.01. The third kappa shape index (κ3) is 13.1. The van der Waals surface area contributed by atoms with Crippen molar-refractivity contribution in [3.8, 4) is 0 Å². The van der Waals surface area contributed by atoms with Gasteiger partial charge >= 0.3 is 5.97 Å². The molecule has 0 amide bonds.